The van der Waals surface area contributed by atoms with Crippen LogP contribution in [-0.4, -0.2) is 46.9 Å². The molecule has 20 heavy (non-hydrogen) atoms. The summed E-state index contributed by atoms with van der Waals surface area (Å²) in [6.07, 6.45) is 2.53. The Bertz CT molecular complexity index is 505. The lowest BCUT2D eigenvalue weighted by atomic mass is 10.1. The smallest absolute Gasteiger partial charge is 0.317 e. The number of aromatic nitrogens is 2. The van der Waals surface area contributed by atoms with Crippen LogP contribution >= 0.6 is 11.6 Å². The van der Waals surface area contributed by atoms with Crippen LogP contribution in [0.2, 0.25) is 5.15 Å². The van der Waals surface area contributed by atoms with E-state index >= 15 is 0 Å². The van der Waals surface area contributed by atoms with E-state index in [0.717, 1.165) is 43.7 Å². The third-order valence-corrected chi connectivity index (χ3v) is 3.94. The van der Waals surface area contributed by atoms with Crippen molar-refractivity contribution in [3.05, 3.63) is 22.5 Å². The van der Waals surface area contributed by atoms with E-state index < -0.39 is 0 Å². The van der Waals surface area contributed by atoms with Gasteiger partial charge in [-0.05, 0) is 30.9 Å². The van der Waals surface area contributed by atoms with E-state index in [1.165, 1.54) is 0 Å². The van der Waals surface area contributed by atoms with E-state index in [1.807, 2.05) is 6.07 Å². The van der Waals surface area contributed by atoms with Gasteiger partial charge in [0.05, 0.1) is 12.2 Å². The van der Waals surface area contributed by atoms with Gasteiger partial charge in [-0.15, -0.1) is 5.10 Å². The number of nitrogens with one attached hydrogen (secondary N) is 1. The molecule has 7 heteroatoms. The van der Waals surface area contributed by atoms with E-state index in [9.17, 15) is 4.79 Å². The number of hydrogen-bond donors (Lipinski definition) is 1. The molecule has 2 amide bonds. The fraction of sp³-hybridized carbons (Fsp3) is 0.615. The van der Waals surface area contributed by atoms with Crippen LogP contribution in [0.15, 0.2) is 6.07 Å². The standard InChI is InChI=1S/C13H17ClN4O2/c14-12-7-9-1-4-18(8-11(9)16-17-12)13(19)15-10-2-5-20-6-3-10/h7,10H,1-6,8H2,(H,15,19). The van der Waals surface area contributed by atoms with Gasteiger partial charge in [-0.3, -0.25) is 0 Å². The van der Waals surface area contributed by atoms with Gasteiger partial charge in [0.15, 0.2) is 5.15 Å². The Morgan fingerprint density at radius 1 is 1.40 bits per heavy atom. The Kier molecular flexibility index (Phi) is 4.03. The third kappa shape index (κ3) is 3.02. The van der Waals surface area contributed by atoms with E-state index in [0.29, 0.717) is 18.2 Å². The fourth-order valence-electron chi connectivity index (χ4n) is 2.57. The molecule has 3 rings (SSSR count). The number of halogens is 1. The molecule has 0 radical (unpaired) electrons. The molecule has 0 aliphatic carbocycles. The fourth-order valence-corrected chi connectivity index (χ4v) is 2.74. The summed E-state index contributed by atoms with van der Waals surface area (Å²) < 4.78 is 5.29. The molecule has 2 aliphatic rings. The first-order valence-electron chi connectivity index (χ1n) is 6.86. The minimum absolute atomic E-state index is 0.0284. The highest BCUT2D eigenvalue weighted by Gasteiger charge is 2.24. The largest absolute Gasteiger partial charge is 0.381 e. The Balaban J connectivity index is 1.61. The Morgan fingerprint density at radius 2 is 2.20 bits per heavy atom. The lowest BCUT2D eigenvalue weighted by Gasteiger charge is -2.31. The molecule has 0 bridgehead atoms. The van der Waals surface area contributed by atoms with Gasteiger partial charge in [-0.1, -0.05) is 11.6 Å². The Morgan fingerprint density at radius 3 is 3.00 bits per heavy atom. The summed E-state index contributed by atoms with van der Waals surface area (Å²) in [6, 6.07) is 2.02. The van der Waals surface area contributed by atoms with Gasteiger partial charge in [-0.25, -0.2) is 4.79 Å². The number of amides is 2. The highest BCUT2D eigenvalue weighted by Crippen LogP contribution is 2.19. The van der Waals surface area contributed by atoms with E-state index in [1.54, 1.807) is 4.90 Å². The highest BCUT2D eigenvalue weighted by atomic mass is 35.5. The molecule has 1 aromatic heterocycles. The summed E-state index contributed by atoms with van der Waals surface area (Å²) in [7, 11) is 0. The van der Waals surface area contributed by atoms with Crippen molar-refractivity contribution in [2.24, 2.45) is 0 Å². The van der Waals surface area contributed by atoms with Crippen LogP contribution in [0.5, 0.6) is 0 Å². The lowest BCUT2D eigenvalue weighted by Crippen LogP contribution is -2.48. The zero-order valence-electron chi connectivity index (χ0n) is 11.1. The lowest BCUT2D eigenvalue weighted by molar-refractivity contribution is 0.0777. The first-order chi connectivity index (χ1) is 9.72. The van der Waals surface area contributed by atoms with Crippen LogP contribution in [0.1, 0.15) is 24.1 Å². The molecule has 0 spiro atoms. The normalized spacial score (nSPS) is 19.6. The van der Waals surface area contributed by atoms with Crippen molar-refractivity contribution in [2.45, 2.75) is 31.8 Å². The quantitative estimate of drug-likeness (QED) is 0.850. The second-order valence-electron chi connectivity index (χ2n) is 5.15. The average molecular weight is 297 g/mol. The van der Waals surface area contributed by atoms with E-state index in [4.69, 9.17) is 16.3 Å². The molecule has 0 unspecified atom stereocenters. The summed E-state index contributed by atoms with van der Waals surface area (Å²) in [5.74, 6) is 0. The Hall–Kier alpha value is -1.40. The van der Waals surface area contributed by atoms with Gasteiger partial charge < -0.3 is 15.0 Å². The molecule has 108 valence electrons. The van der Waals surface area contributed by atoms with E-state index in [-0.39, 0.29) is 12.1 Å². The van der Waals surface area contributed by atoms with Gasteiger partial charge in [0.25, 0.3) is 0 Å². The zero-order chi connectivity index (χ0) is 13.9. The molecule has 0 aromatic carbocycles. The number of hydrogen-bond acceptors (Lipinski definition) is 4. The average Bonchev–Trinajstić information content (AvgIpc) is 2.47. The molecular weight excluding hydrogens is 280 g/mol. The first-order valence-corrected chi connectivity index (χ1v) is 7.24. The Labute approximate surface area is 122 Å². The number of carbonyl (C=O) groups excluding carboxylic acids is 1. The maximum absolute atomic E-state index is 12.2. The van der Waals surface area contributed by atoms with Crippen molar-refractivity contribution in [1.29, 1.82) is 0 Å². The molecule has 6 nitrogen and oxygen atoms in total. The van der Waals surface area contributed by atoms with Gasteiger partial charge >= 0.3 is 6.03 Å². The number of rotatable bonds is 1. The molecule has 1 saturated heterocycles. The summed E-state index contributed by atoms with van der Waals surface area (Å²) in [6.45, 7) is 2.62. The van der Waals surface area contributed by atoms with Crippen molar-refractivity contribution in [3.8, 4) is 0 Å². The minimum Gasteiger partial charge on any atom is -0.381 e. The number of nitrogens with zero attached hydrogens (tertiary/aromatic N) is 3. The second kappa shape index (κ2) is 5.93. The van der Waals surface area contributed by atoms with Crippen LogP contribution < -0.4 is 5.32 Å². The minimum atomic E-state index is -0.0284. The van der Waals surface area contributed by atoms with Crippen molar-refractivity contribution < 1.29 is 9.53 Å². The second-order valence-corrected chi connectivity index (χ2v) is 5.53. The van der Waals surface area contributed by atoms with Gasteiger partial charge in [0.1, 0.15) is 0 Å². The number of carbonyl (C=O) groups is 1. The van der Waals surface area contributed by atoms with E-state index in [2.05, 4.69) is 15.5 Å². The summed E-state index contributed by atoms with van der Waals surface area (Å²) >= 11 is 5.83. The summed E-state index contributed by atoms with van der Waals surface area (Å²) in [5.41, 5.74) is 1.92. The van der Waals surface area contributed by atoms with Gasteiger partial charge in [0.2, 0.25) is 0 Å². The third-order valence-electron chi connectivity index (χ3n) is 3.76. The first kappa shape index (κ1) is 13.6. The molecule has 2 aliphatic heterocycles. The SMILES string of the molecule is O=C(NC1CCOCC1)N1CCc2cc(Cl)nnc2C1. The zero-order valence-corrected chi connectivity index (χ0v) is 11.9. The molecule has 3 heterocycles. The van der Waals surface area contributed by atoms with Gasteiger partial charge in [-0.2, -0.15) is 5.10 Å². The summed E-state index contributed by atoms with van der Waals surface area (Å²) in [5, 5.41) is 11.4. The highest BCUT2D eigenvalue weighted by molar-refractivity contribution is 6.29. The predicted molar refractivity (Wildman–Crippen MR) is 73.5 cm³/mol. The van der Waals surface area contributed by atoms with Crippen molar-refractivity contribution in [3.63, 3.8) is 0 Å². The maximum atomic E-state index is 12.2. The number of urea groups is 1. The topological polar surface area (TPSA) is 67.3 Å². The van der Waals surface area contributed by atoms with Crippen LogP contribution in [0.3, 0.4) is 0 Å². The van der Waals surface area contributed by atoms with Crippen LogP contribution in [0.4, 0.5) is 4.79 Å². The molecule has 0 saturated carbocycles. The molecule has 1 fully saturated rings. The maximum Gasteiger partial charge on any atom is 0.317 e. The van der Waals surface area contributed by atoms with Crippen molar-refractivity contribution in [1.82, 2.24) is 20.4 Å². The number of fused-ring (bicyclic) bond motifs is 1. The monoisotopic (exact) mass is 296 g/mol. The van der Waals surface area contributed by atoms with Gasteiger partial charge in [0, 0.05) is 25.8 Å². The predicted octanol–water partition coefficient (Wildman–Crippen LogP) is 1.38. The van der Waals surface area contributed by atoms with Crippen LogP contribution in [-0.2, 0) is 17.7 Å². The number of ether oxygens (including phenoxy) is 1. The van der Waals surface area contributed by atoms with Crippen molar-refractivity contribution >= 4 is 17.6 Å². The molecule has 0 atom stereocenters. The molecule has 1 aromatic rings. The van der Waals surface area contributed by atoms with Crippen LogP contribution in [0, 0.1) is 0 Å². The molecule has 1 N–H and O–H groups in total. The van der Waals surface area contributed by atoms with Crippen molar-refractivity contribution in [2.75, 3.05) is 19.8 Å². The van der Waals surface area contributed by atoms with Crippen LogP contribution in [0.25, 0.3) is 0 Å². The molecular formula is C13H17ClN4O2. The summed E-state index contributed by atoms with van der Waals surface area (Å²) in [4.78, 5) is 14.0.